The summed E-state index contributed by atoms with van der Waals surface area (Å²) >= 11 is 0. The highest BCUT2D eigenvalue weighted by Gasteiger charge is 2.30. The predicted octanol–water partition coefficient (Wildman–Crippen LogP) is 1.21. The van der Waals surface area contributed by atoms with Crippen LogP contribution in [0.25, 0.3) is 0 Å². The summed E-state index contributed by atoms with van der Waals surface area (Å²) in [5.74, 6) is -0.291. The number of nitrogens with one attached hydrogen (secondary N) is 3. The number of hydrazine groups is 1. The number of amides is 3. The molecule has 21 heavy (non-hydrogen) atoms. The Balaban J connectivity index is 1.51. The Morgan fingerprint density at radius 3 is 1.95 bits per heavy atom. The monoisotopic (exact) mass is 287 g/mol. The number of rotatable bonds is 4. The highest BCUT2D eigenvalue weighted by atomic mass is 16.2. The van der Waals surface area contributed by atoms with Crippen LogP contribution in [0.1, 0.15) is 36.0 Å². The Morgan fingerprint density at radius 1 is 0.810 bits per heavy atom. The van der Waals surface area contributed by atoms with Gasteiger partial charge in [-0.05, 0) is 49.9 Å². The van der Waals surface area contributed by atoms with Crippen LogP contribution in [0.4, 0.5) is 5.69 Å². The first-order chi connectivity index (χ1) is 10.1. The summed E-state index contributed by atoms with van der Waals surface area (Å²) in [4.78, 5) is 34.8. The van der Waals surface area contributed by atoms with Crippen molar-refractivity contribution < 1.29 is 14.4 Å². The lowest BCUT2D eigenvalue weighted by Crippen LogP contribution is -2.42. The molecule has 0 unspecified atom stereocenters. The van der Waals surface area contributed by atoms with Crippen molar-refractivity contribution in [3.8, 4) is 0 Å². The molecular weight excluding hydrogens is 270 g/mol. The van der Waals surface area contributed by atoms with E-state index in [2.05, 4.69) is 16.2 Å². The summed E-state index contributed by atoms with van der Waals surface area (Å²) < 4.78 is 0. The number of benzene rings is 1. The zero-order valence-electron chi connectivity index (χ0n) is 11.5. The van der Waals surface area contributed by atoms with E-state index in [1.165, 1.54) is 0 Å². The summed E-state index contributed by atoms with van der Waals surface area (Å²) in [6, 6.07) is 6.58. The molecule has 2 fully saturated rings. The molecule has 0 saturated heterocycles. The second-order valence-corrected chi connectivity index (χ2v) is 5.56. The van der Waals surface area contributed by atoms with Gasteiger partial charge in [-0.2, -0.15) is 0 Å². The lowest BCUT2D eigenvalue weighted by molar-refractivity contribution is -0.123. The maximum absolute atomic E-state index is 11.8. The third-order valence-electron chi connectivity index (χ3n) is 3.61. The molecule has 2 aliphatic carbocycles. The van der Waals surface area contributed by atoms with Crippen LogP contribution in [0.2, 0.25) is 0 Å². The largest absolute Gasteiger partial charge is 0.326 e. The molecule has 3 amide bonds. The van der Waals surface area contributed by atoms with Crippen molar-refractivity contribution in [3.05, 3.63) is 29.8 Å². The number of anilines is 1. The van der Waals surface area contributed by atoms with Crippen LogP contribution >= 0.6 is 0 Å². The molecule has 1 aromatic rings. The van der Waals surface area contributed by atoms with Crippen LogP contribution in [0.5, 0.6) is 0 Å². The van der Waals surface area contributed by atoms with Gasteiger partial charge < -0.3 is 5.32 Å². The Labute approximate surface area is 122 Å². The fourth-order valence-corrected chi connectivity index (χ4v) is 1.93. The van der Waals surface area contributed by atoms with Crippen molar-refractivity contribution in [2.45, 2.75) is 25.7 Å². The molecule has 0 atom stereocenters. The first kappa shape index (κ1) is 13.6. The molecule has 2 aliphatic rings. The van der Waals surface area contributed by atoms with Gasteiger partial charge in [-0.1, -0.05) is 0 Å². The first-order valence-electron chi connectivity index (χ1n) is 7.14. The van der Waals surface area contributed by atoms with Crippen LogP contribution in [0.3, 0.4) is 0 Å². The van der Waals surface area contributed by atoms with Gasteiger partial charge in [0, 0.05) is 23.1 Å². The molecule has 0 aromatic heterocycles. The molecule has 6 heteroatoms. The van der Waals surface area contributed by atoms with E-state index in [4.69, 9.17) is 0 Å². The summed E-state index contributed by atoms with van der Waals surface area (Å²) in [5.41, 5.74) is 5.89. The maximum atomic E-state index is 11.8. The topological polar surface area (TPSA) is 87.3 Å². The molecule has 0 spiro atoms. The molecule has 3 N–H and O–H groups in total. The number of hydrogen-bond acceptors (Lipinski definition) is 3. The molecule has 0 aliphatic heterocycles. The molecule has 110 valence electrons. The minimum Gasteiger partial charge on any atom is -0.326 e. The fraction of sp³-hybridized carbons (Fsp3) is 0.400. The lowest BCUT2D eigenvalue weighted by atomic mass is 10.2. The van der Waals surface area contributed by atoms with E-state index in [0.29, 0.717) is 11.3 Å². The third-order valence-corrected chi connectivity index (χ3v) is 3.61. The third kappa shape index (κ3) is 3.59. The van der Waals surface area contributed by atoms with Crippen LogP contribution in [-0.4, -0.2) is 17.7 Å². The first-order valence-corrected chi connectivity index (χ1v) is 7.14. The quantitative estimate of drug-likeness (QED) is 0.727. The summed E-state index contributed by atoms with van der Waals surface area (Å²) in [5, 5.41) is 2.80. The van der Waals surface area contributed by atoms with E-state index in [-0.39, 0.29) is 29.6 Å². The van der Waals surface area contributed by atoms with E-state index >= 15 is 0 Å². The molecule has 6 nitrogen and oxygen atoms in total. The zero-order valence-corrected chi connectivity index (χ0v) is 11.5. The maximum Gasteiger partial charge on any atom is 0.269 e. The van der Waals surface area contributed by atoms with Crippen molar-refractivity contribution in [2.24, 2.45) is 11.8 Å². The normalized spacial score (nSPS) is 17.0. The SMILES string of the molecule is O=C(NNC(=O)C1CC1)c1ccc(NC(=O)C2CC2)cc1. The summed E-state index contributed by atoms with van der Waals surface area (Å²) in [7, 11) is 0. The standard InChI is InChI=1S/C15H17N3O3/c19-13(9-1-2-9)16-12-7-5-11(6-8-12)15(21)18-17-14(20)10-3-4-10/h5-10H,1-4H2,(H,16,19)(H,17,20)(H,18,21). The van der Waals surface area contributed by atoms with Crippen molar-refractivity contribution in [2.75, 3.05) is 5.32 Å². The Bertz CT molecular complexity index is 574. The van der Waals surface area contributed by atoms with Gasteiger partial charge in [-0.25, -0.2) is 0 Å². The summed E-state index contributed by atoms with van der Waals surface area (Å²) in [6.45, 7) is 0. The van der Waals surface area contributed by atoms with Gasteiger partial charge >= 0.3 is 0 Å². The smallest absolute Gasteiger partial charge is 0.269 e. The molecule has 0 radical (unpaired) electrons. The molecule has 3 rings (SSSR count). The highest BCUT2D eigenvalue weighted by Crippen LogP contribution is 2.30. The molecular formula is C15H17N3O3. The highest BCUT2D eigenvalue weighted by molar-refractivity contribution is 5.97. The predicted molar refractivity (Wildman–Crippen MR) is 76.1 cm³/mol. The van der Waals surface area contributed by atoms with E-state index in [0.717, 1.165) is 25.7 Å². The number of carbonyl (C=O) groups excluding carboxylic acids is 3. The van der Waals surface area contributed by atoms with E-state index < -0.39 is 0 Å². The zero-order chi connectivity index (χ0) is 14.8. The van der Waals surface area contributed by atoms with Crippen LogP contribution < -0.4 is 16.2 Å². The van der Waals surface area contributed by atoms with Crippen LogP contribution in [-0.2, 0) is 9.59 Å². The van der Waals surface area contributed by atoms with Gasteiger partial charge in [-0.3, -0.25) is 25.2 Å². The van der Waals surface area contributed by atoms with Crippen molar-refractivity contribution in [3.63, 3.8) is 0 Å². The van der Waals surface area contributed by atoms with Crippen LogP contribution in [0, 0.1) is 11.8 Å². The van der Waals surface area contributed by atoms with E-state index in [1.807, 2.05) is 0 Å². The molecule has 2 saturated carbocycles. The molecule has 0 heterocycles. The Hall–Kier alpha value is -2.37. The average Bonchev–Trinajstić information content (AvgIpc) is 3.37. The average molecular weight is 287 g/mol. The van der Waals surface area contributed by atoms with Gasteiger partial charge in [-0.15, -0.1) is 0 Å². The van der Waals surface area contributed by atoms with Gasteiger partial charge in [0.1, 0.15) is 0 Å². The Morgan fingerprint density at radius 2 is 1.38 bits per heavy atom. The van der Waals surface area contributed by atoms with Crippen molar-refractivity contribution in [1.82, 2.24) is 10.9 Å². The van der Waals surface area contributed by atoms with E-state index in [9.17, 15) is 14.4 Å². The van der Waals surface area contributed by atoms with E-state index in [1.54, 1.807) is 24.3 Å². The summed E-state index contributed by atoms with van der Waals surface area (Å²) in [6.07, 6.45) is 3.67. The second kappa shape index (κ2) is 5.55. The van der Waals surface area contributed by atoms with Gasteiger partial charge in [0.15, 0.2) is 0 Å². The fourth-order valence-electron chi connectivity index (χ4n) is 1.93. The van der Waals surface area contributed by atoms with Gasteiger partial charge in [0.25, 0.3) is 5.91 Å². The minimum atomic E-state index is -0.371. The van der Waals surface area contributed by atoms with Crippen molar-refractivity contribution in [1.29, 1.82) is 0 Å². The molecule has 1 aromatic carbocycles. The molecule has 0 bridgehead atoms. The van der Waals surface area contributed by atoms with Crippen molar-refractivity contribution >= 4 is 23.4 Å². The van der Waals surface area contributed by atoms with Gasteiger partial charge in [0.05, 0.1) is 0 Å². The minimum absolute atomic E-state index is 0.0314. The van der Waals surface area contributed by atoms with Gasteiger partial charge in [0.2, 0.25) is 11.8 Å². The van der Waals surface area contributed by atoms with Crippen LogP contribution in [0.15, 0.2) is 24.3 Å². The number of carbonyl (C=O) groups is 3. The second-order valence-electron chi connectivity index (χ2n) is 5.56. The Kier molecular flexibility index (Phi) is 3.60. The lowest BCUT2D eigenvalue weighted by Gasteiger charge is -2.08. The number of hydrogen-bond donors (Lipinski definition) is 3.